The highest BCUT2D eigenvalue weighted by molar-refractivity contribution is 5.94. The maximum Gasteiger partial charge on any atom is 0.273 e. The molecule has 2 aromatic heterocycles. The average Bonchev–Trinajstić information content (AvgIpc) is 3.12. The standard InChI is InChI=1S/C20H22N6O2/c1-24-10-12-25(13-11-24)18-6-8-21-19-17(18)7-9-26(19)14-15-2-4-16(5-3-15)20(27)22-23-28/h2-9H,10-14H2,1H3,(H,22,27,28). The van der Waals surface area contributed by atoms with Crippen molar-refractivity contribution in [3.8, 4) is 0 Å². The van der Waals surface area contributed by atoms with Crippen molar-refractivity contribution in [1.82, 2.24) is 19.9 Å². The first kappa shape index (κ1) is 18.1. The third-order valence-corrected chi connectivity index (χ3v) is 5.20. The Morgan fingerprint density at radius 3 is 2.57 bits per heavy atom. The van der Waals surface area contributed by atoms with Crippen molar-refractivity contribution in [3.63, 3.8) is 0 Å². The molecule has 8 heteroatoms. The molecule has 1 saturated heterocycles. The fourth-order valence-electron chi connectivity index (χ4n) is 3.59. The molecule has 0 bridgehead atoms. The van der Waals surface area contributed by atoms with Gasteiger partial charge in [0.15, 0.2) is 0 Å². The predicted molar refractivity (Wildman–Crippen MR) is 108 cm³/mol. The number of pyridine rings is 1. The maximum absolute atomic E-state index is 11.6. The van der Waals surface area contributed by atoms with Crippen LogP contribution in [0.15, 0.2) is 54.1 Å². The number of nitroso groups, excluding NO2 is 1. The van der Waals surface area contributed by atoms with Gasteiger partial charge in [-0.15, -0.1) is 4.91 Å². The quantitative estimate of drug-likeness (QED) is 0.544. The van der Waals surface area contributed by atoms with Crippen molar-refractivity contribution in [1.29, 1.82) is 0 Å². The van der Waals surface area contributed by atoms with Crippen molar-refractivity contribution >= 4 is 22.6 Å². The summed E-state index contributed by atoms with van der Waals surface area (Å²) >= 11 is 0. The fourth-order valence-corrected chi connectivity index (χ4v) is 3.59. The fraction of sp³-hybridized carbons (Fsp3) is 0.300. The molecule has 1 fully saturated rings. The summed E-state index contributed by atoms with van der Waals surface area (Å²) in [5.41, 5.74) is 5.51. The molecule has 1 N–H and O–H groups in total. The van der Waals surface area contributed by atoms with E-state index in [1.54, 1.807) is 12.1 Å². The Balaban J connectivity index is 1.56. The zero-order chi connectivity index (χ0) is 19.5. The minimum absolute atomic E-state index is 0.399. The summed E-state index contributed by atoms with van der Waals surface area (Å²) < 4.78 is 2.11. The molecular formula is C20H22N6O2. The highest BCUT2D eigenvalue weighted by Gasteiger charge is 2.17. The summed E-state index contributed by atoms with van der Waals surface area (Å²) in [6.07, 6.45) is 3.92. The predicted octanol–water partition coefficient (Wildman–Crippen LogP) is 2.25. The van der Waals surface area contributed by atoms with Gasteiger partial charge in [0.1, 0.15) is 5.65 Å². The van der Waals surface area contributed by atoms with Crippen molar-refractivity contribution in [2.45, 2.75) is 6.54 Å². The third kappa shape index (κ3) is 3.59. The van der Waals surface area contributed by atoms with E-state index in [1.165, 1.54) is 5.69 Å². The van der Waals surface area contributed by atoms with Crippen molar-refractivity contribution in [2.24, 2.45) is 5.29 Å². The van der Waals surface area contributed by atoms with Crippen molar-refractivity contribution < 1.29 is 4.79 Å². The van der Waals surface area contributed by atoms with E-state index >= 15 is 0 Å². The molecule has 28 heavy (non-hydrogen) atoms. The number of hydrogen-bond donors (Lipinski definition) is 1. The topological polar surface area (TPSA) is 82.8 Å². The van der Waals surface area contributed by atoms with E-state index in [0.717, 1.165) is 42.8 Å². The Bertz CT molecular complexity index is 990. The van der Waals surface area contributed by atoms with Gasteiger partial charge in [-0.1, -0.05) is 12.1 Å². The number of piperazine rings is 1. The van der Waals surface area contributed by atoms with Crippen LogP contribution in [0.4, 0.5) is 5.69 Å². The van der Waals surface area contributed by atoms with Gasteiger partial charge in [0, 0.05) is 61.8 Å². The minimum Gasteiger partial charge on any atom is -0.368 e. The molecule has 1 amide bonds. The average molecular weight is 378 g/mol. The number of nitrogens with zero attached hydrogens (tertiary/aromatic N) is 5. The van der Waals surface area contributed by atoms with Gasteiger partial charge < -0.3 is 14.4 Å². The molecule has 1 aliphatic heterocycles. The lowest BCUT2D eigenvalue weighted by Gasteiger charge is -2.34. The molecule has 3 aromatic rings. The second-order valence-electron chi connectivity index (χ2n) is 7.03. The number of benzene rings is 1. The molecule has 0 spiro atoms. The van der Waals surface area contributed by atoms with Crippen molar-refractivity contribution in [3.05, 3.63) is 64.8 Å². The van der Waals surface area contributed by atoms with Gasteiger partial charge in [-0.25, -0.2) is 10.4 Å². The monoisotopic (exact) mass is 378 g/mol. The Kier molecular flexibility index (Phi) is 5.03. The number of hydrogen-bond acceptors (Lipinski definition) is 6. The van der Waals surface area contributed by atoms with Crippen LogP contribution < -0.4 is 10.3 Å². The van der Waals surface area contributed by atoms with E-state index in [1.807, 2.05) is 30.0 Å². The number of rotatable bonds is 5. The first-order valence-electron chi connectivity index (χ1n) is 9.24. The summed E-state index contributed by atoms with van der Waals surface area (Å²) in [5, 5.41) is 3.56. The molecule has 3 heterocycles. The number of carbonyl (C=O) groups excluding carboxylic acids is 1. The number of aromatic nitrogens is 2. The molecule has 1 aliphatic rings. The van der Waals surface area contributed by atoms with Crippen LogP contribution in [-0.4, -0.2) is 53.6 Å². The lowest BCUT2D eigenvalue weighted by atomic mass is 10.1. The summed E-state index contributed by atoms with van der Waals surface area (Å²) in [7, 11) is 2.15. The van der Waals surface area contributed by atoms with Gasteiger partial charge in [0.05, 0.1) is 5.29 Å². The van der Waals surface area contributed by atoms with E-state index in [2.05, 4.69) is 43.8 Å². The first-order chi connectivity index (χ1) is 13.7. The number of likely N-dealkylation sites (N-methyl/N-ethyl adjacent to an activating group) is 1. The highest BCUT2D eigenvalue weighted by Crippen LogP contribution is 2.27. The molecule has 0 radical (unpaired) electrons. The van der Waals surface area contributed by atoms with Crippen LogP contribution in [0.1, 0.15) is 15.9 Å². The molecular weight excluding hydrogens is 356 g/mol. The van der Waals surface area contributed by atoms with Crippen LogP contribution in [0, 0.1) is 4.91 Å². The van der Waals surface area contributed by atoms with Gasteiger partial charge in [-0.3, -0.25) is 4.79 Å². The Labute approximate surface area is 162 Å². The van der Waals surface area contributed by atoms with E-state index in [0.29, 0.717) is 12.1 Å². The summed E-state index contributed by atoms with van der Waals surface area (Å²) in [6, 6.07) is 11.3. The van der Waals surface area contributed by atoms with E-state index < -0.39 is 5.91 Å². The molecule has 1 aromatic carbocycles. The Morgan fingerprint density at radius 2 is 1.86 bits per heavy atom. The second kappa shape index (κ2) is 7.77. The second-order valence-corrected chi connectivity index (χ2v) is 7.03. The highest BCUT2D eigenvalue weighted by atomic mass is 16.3. The van der Waals surface area contributed by atoms with Gasteiger partial charge in [-0.05, 0) is 36.9 Å². The van der Waals surface area contributed by atoms with Crippen molar-refractivity contribution in [2.75, 3.05) is 38.1 Å². The van der Waals surface area contributed by atoms with Crippen LogP contribution in [0.2, 0.25) is 0 Å². The maximum atomic E-state index is 11.6. The van der Waals surface area contributed by atoms with Crippen LogP contribution in [-0.2, 0) is 6.54 Å². The number of amides is 1. The van der Waals surface area contributed by atoms with Gasteiger partial charge in [0.2, 0.25) is 0 Å². The smallest absolute Gasteiger partial charge is 0.273 e. The largest absolute Gasteiger partial charge is 0.368 e. The van der Waals surface area contributed by atoms with E-state index in [9.17, 15) is 9.70 Å². The first-order valence-corrected chi connectivity index (χ1v) is 9.24. The minimum atomic E-state index is -0.508. The zero-order valence-electron chi connectivity index (χ0n) is 15.7. The molecule has 144 valence electrons. The van der Waals surface area contributed by atoms with Gasteiger partial charge in [0.25, 0.3) is 5.91 Å². The molecule has 8 nitrogen and oxygen atoms in total. The van der Waals surface area contributed by atoms with Crippen LogP contribution in [0.3, 0.4) is 0 Å². The van der Waals surface area contributed by atoms with E-state index in [4.69, 9.17) is 0 Å². The molecule has 0 aliphatic carbocycles. The lowest BCUT2D eigenvalue weighted by Crippen LogP contribution is -2.44. The van der Waals surface area contributed by atoms with Gasteiger partial charge >= 0.3 is 0 Å². The molecule has 0 unspecified atom stereocenters. The summed E-state index contributed by atoms with van der Waals surface area (Å²) in [4.78, 5) is 31.1. The zero-order valence-corrected chi connectivity index (χ0v) is 15.7. The summed E-state index contributed by atoms with van der Waals surface area (Å²) in [5.74, 6) is -0.508. The number of carbonyl (C=O) groups is 1. The number of nitrogens with one attached hydrogen (secondary N) is 1. The van der Waals surface area contributed by atoms with Crippen LogP contribution in [0.25, 0.3) is 11.0 Å². The summed E-state index contributed by atoms with van der Waals surface area (Å²) in [6.45, 7) is 4.80. The lowest BCUT2D eigenvalue weighted by molar-refractivity contribution is 0.0954. The Hall–Kier alpha value is -3.26. The van der Waals surface area contributed by atoms with Crippen LogP contribution >= 0.6 is 0 Å². The van der Waals surface area contributed by atoms with Gasteiger partial charge in [-0.2, -0.15) is 0 Å². The molecule has 4 rings (SSSR count). The van der Waals surface area contributed by atoms with Crippen LogP contribution in [0.5, 0.6) is 0 Å². The normalized spacial score (nSPS) is 15.0. The number of anilines is 1. The van der Waals surface area contributed by atoms with E-state index in [-0.39, 0.29) is 0 Å². The SMILES string of the molecule is CN1CCN(c2ccnc3c2ccn3Cc2ccc(C(=O)NN=O)cc2)CC1. The number of fused-ring (bicyclic) bond motifs is 1. The third-order valence-electron chi connectivity index (χ3n) is 5.20. The Morgan fingerprint density at radius 1 is 1.11 bits per heavy atom. The molecule has 0 saturated carbocycles. The molecule has 0 atom stereocenters.